The van der Waals surface area contributed by atoms with Gasteiger partial charge in [-0.15, -0.1) is 0 Å². The standard InChI is InChI=1S/C15H15N3/c1-10-3-4-12-13(9-18(2)15(12)7-10)14-8-11(16)5-6-17-14/h3-9H,1-2H3,(H2,16,17). The van der Waals surface area contributed by atoms with Crippen LogP contribution in [0.25, 0.3) is 22.2 Å². The minimum Gasteiger partial charge on any atom is -0.399 e. The fourth-order valence-electron chi connectivity index (χ4n) is 2.29. The number of benzene rings is 1. The van der Waals surface area contributed by atoms with Crippen molar-refractivity contribution in [1.82, 2.24) is 9.55 Å². The molecule has 3 rings (SSSR count). The Balaban J connectivity index is 2.30. The van der Waals surface area contributed by atoms with E-state index in [1.165, 1.54) is 16.5 Å². The molecule has 2 N–H and O–H groups in total. The van der Waals surface area contributed by atoms with Gasteiger partial charge < -0.3 is 10.3 Å². The lowest BCUT2D eigenvalue weighted by Crippen LogP contribution is -1.87. The van der Waals surface area contributed by atoms with Crippen LogP contribution >= 0.6 is 0 Å². The highest BCUT2D eigenvalue weighted by atomic mass is 14.9. The maximum Gasteiger partial charge on any atom is 0.0743 e. The van der Waals surface area contributed by atoms with Crippen molar-refractivity contribution in [2.75, 3.05) is 5.73 Å². The van der Waals surface area contributed by atoms with E-state index in [0.717, 1.165) is 16.9 Å². The third-order valence-corrected chi connectivity index (χ3v) is 3.21. The summed E-state index contributed by atoms with van der Waals surface area (Å²) in [6, 6.07) is 10.2. The fourth-order valence-corrected chi connectivity index (χ4v) is 2.29. The lowest BCUT2D eigenvalue weighted by molar-refractivity contribution is 0.968. The van der Waals surface area contributed by atoms with E-state index >= 15 is 0 Å². The Kier molecular flexibility index (Phi) is 2.33. The van der Waals surface area contributed by atoms with E-state index in [1.54, 1.807) is 12.3 Å². The Morgan fingerprint density at radius 1 is 1.17 bits per heavy atom. The zero-order valence-corrected chi connectivity index (χ0v) is 10.5. The number of hydrogen-bond donors (Lipinski definition) is 1. The molecule has 2 heterocycles. The number of hydrogen-bond acceptors (Lipinski definition) is 2. The molecule has 0 aliphatic rings. The summed E-state index contributed by atoms with van der Waals surface area (Å²) in [4.78, 5) is 4.40. The summed E-state index contributed by atoms with van der Waals surface area (Å²) in [5.41, 5.74) is 11.1. The highest BCUT2D eigenvalue weighted by molar-refractivity contribution is 5.95. The third kappa shape index (κ3) is 1.64. The summed E-state index contributed by atoms with van der Waals surface area (Å²) in [6.07, 6.45) is 3.85. The molecule has 3 heteroatoms. The topological polar surface area (TPSA) is 43.8 Å². The maximum atomic E-state index is 5.82. The molecule has 0 spiro atoms. The average molecular weight is 237 g/mol. The van der Waals surface area contributed by atoms with Crippen LogP contribution in [0.2, 0.25) is 0 Å². The third-order valence-electron chi connectivity index (χ3n) is 3.21. The van der Waals surface area contributed by atoms with Crippen LogP contribution in [0.5, 0.6) is 0 Å². The second-order valence-corrected chi connectivity index (χ2v) is 4.65. The van der Waals surface area contributed by atoms with Crippen LogP contribution in [0.4, 0.5) is 5.69 Å². The molecule has 0 aliphatic carbocycles. The van der Waals surface area contributed by atoms with Gasteiger partial charge in [-0.1, -0.05) is 12.1 Å². The summed E-state index contributed by atoms with van der Waals surface area (Å²) in [6.45, 7) is 2.10. The predicted octanol–water partition coefficient (Wildman–Crippen LogP) is 3.13. The summed E-state index contributed by atoms with van der Waals surface area (Å²) >= 11 is 0. The number of pyridine rings is 1. The number of anilines is 1. The number of nitrogens with two attached hydrogens (primary N) is 1. The Morgan fingerprint density at radius 2 is 2.00 bits per heavy atom. The van der Waals surface area contributed by atoms with Crippen molar-refractivity contribution in [3.05, 3.63) is 48.3 Å². The van der Waals surface area contributed by atoms with E-state index < -0.39 is 0 Å². The lowest BCUT2D eigenvalue weighted by atomic mass is 10.1. The Labute approximate surface area is 106 Å². The Morgan fingerprint density at radius 3 is 2.78 bits per heavy atom. The zero-order chi connectivity index (χ0) is 12.7. The molecule has 18 heavy (non-hydrogen) atoms. The second kappa shape index (κ2) is 3.88. The van der Waals surface area contributed by atoms with Crippen LogP contribution in [0.3, 0.4) is 0 Å². The molecule has 0 saturated heterocycles. The Hall–Kier alpha value is -2.29. The highest BCUT2D eigenvalue weighted by Crippen LogP contribution is 2.30. The van der Waals surface area contributed by atoms with Gasteiger partial charge >= 0.3 is 0 Å². The smallest absolute Gasteiger partial charge is 0.0743 e. The molecule has 0 fully saturated rings. The van der Waals surface area contributed by atoms with Crippen LogP contribution in [-0.4, -0.2) is 9.55 Å². The maximum absolute atomic E-state index is 5.82. The van der Waals surface area contributed by atoms with Gasteiger partial charge in [-0.2, -0.15) is 0 Å². The molecule has 3 nitrogen and oxygen atoms in total. The summed E-state index contributed by atoms with van der Waals surface area (Å²) in [5.74, 6) is 0. The van der Waals surface area contributed by atoms with E-state index in [9.17, 15) is 0 Å². The SMILES string of the molecule is Cc1ccc2c(-c3cc(N)ccn3)cn(C)c2c1. The van der Waals surface area contributed by atoms with Gasteiger partial charge in [-0.3, -0.25) is 4.98 Å². The van der Waals surface area contributed by atoms with Crippen molar-refractivity contribution in [2.45, 2.75) is 6.92 Å². The normalized spacial score (nSPS) is 11.0. The van der Waals surface area contributed by atoms with Crippen LogP contribution in [-0.2, 0) is 7.05 Å². The molecular formula is C15H15N3. The van der Waals surface area contributed by atoms with Gasteiger partial charge in [0, 0.05) is 41.6 Å². The number of rotatable bonds is 1. The van der Waals surface area contributed by atoms with E-state index in [-0.39, 0.29) is 0 Å². The molecule has 0 amide bonds. The molecule has 0 atom stereocenters. The van der Waals surface area contributed by atoms with Crippen LogP contribution < -0.4 is 5.73 Å². The largest absolute Gasteiger partial charge is 0.399 e. The zero-order valence-electron chi connectivity index (χ0n) is 10.5. The van der Waals surface area contributed by atoms with E-state index in [4.69, 9.17) is 5.73 Å². The molecule has 2 aromatic heterocycles. The van der Waals surface area contributed by atoms with E-state index in [2.05, 4.69) is 47.9 Å². The number of nitrogens with zero attached hydrogens (tertiary/aromatic N) is 2. The number of aromatic nitrogens is 2. The predicted molar refractivity (Wildman–Crippen MR) is 75.3 cm³/mol. The average Bonchev–Trinajstić information content (AvgIpc) is 2.67. The number of fused-ring (bicyclic) bond motifs is 1. The first-order valence-electron chi connectivity index (χ1n) is 5.93. The van der Waals surface area contributed by atoms with Crippen LogP contribution in [0.1, 0.15) is 5.56 Å². The summed E-state index contributed by atoms with van der Waals surface area (Å²) < 4.78 is 2.13. The molecular weight excluding hydrogens is 222 g/mol. The molecule has 0 radical (unpaired) electrons. The van der Waals surface area contributed by atoms with Crippen molar-refractivity contribution in [2.24, 2.45) is 7.05 Å². The van der Waals surface area contributed by atoms with Crippen molar-refractivity contribution in [3.63, 3.8) is 0 Å². The van der Waals surface area contributed by atoms with Gasteiger partial charge in [-0.25, -0.2) is 0 Å². The number of nitrogen functional groups attached to an aromatic ring is 1. The summed E-state index contributed by atoms with van der Waals surface area (Å²) in [7, 11) is 2.05. The lowest BCUT2D eigenvalue weighted by Gasteiger charge is -2.00. The molecule has 0 unspecified atom stereocenters. The quantitative estimate of drug-likeness (QED) is 0.706. The molecule has 1 aromatic carbocycles. The highest BCUT2D eigenvalue weighted by Gasteiger charge is 2.09. The Bertz CT molecular complexity index is 726. The first kappa shape index (κ1) is 10.8. The molecule has 0 aliphatic heterocycles. The molecule has 90 valence electrons. The molecule has 0 saturated carbocycles. The second-order valence-electron chi connectivity index (χ2n) is 4.65. The van der Waals surface area contributed by atoms with Crippen LogP contribution in [0, 0.1) is 6.92 Å². The van der Waals surface area contributed by atoms with Crippen molar-refractivity contribution < 1.29 is 0 Å². The minimum absolute atomic E-state index is 0.740. The summed E-state index contributed by atoms with van der Waals surface area (Å²) in [5, 5.41) is 1.21. The number of aryl methyl sites for hydroxylation is 2. The first-order chi connectivity index (χ1) is 8.65. The van der Waals surface area contributed by atoms with Gasteiger partial charge in [0.2, 0.25) is 0 Å². The van der Waals surface area contributed by atoms with E-state index in [0.29, 0.717) is 0 Å². The monoisotopic (exact) mass is 237 g/mol. The van der Waals surface area contributed by atoms with Gasteiger partial charge in [-0.05, 0) is 30.7 Å². The van der Waals surface area contributed by atoms with Crippen molar-refractivity contribution >= 4 is 16.6 Å². The fraction of sp³-hybridized carbons (Fsp3) is 0.133. The van der Waals surface area contributed by atoms with Crippen molar-refractivity contribution in [3.8, 4) is 11.3 Å². The van der Waals surface area contributed by atoms with Gasteiger partial charge in [0.1, 0.15) is 0 Å². The minimum atomic E-state index is 0.740. The van der Waals surface area contributed by atoms with Crippen LogP contribution in [0.15, 0.2) is 42.7 Å². The van der Waals surface area contributed by atoms with Gasteiger partial charge in [0.05, 0.1) is 5.69 Å². The van der Waals surface area contributed by atoms with E-state index in [1.807, 2.05) is 6.07 Å². The van der Waals surface area contributed by atoms with Gasteiger partial charge in [0.15, 0.2) is 0 Å². The van der Waals surface area contributed by atoms with Gasteiger partial charge in [0.25, 0.3) is 0 Å². The molecule has 3 aromatic rings. The van der Waals surface area contributed by atoms with Crippen molar-refractivity contribution in [1.29, 1.82) is 0 Å². The first-order valence-corrected chi connectivity index (χ1v) is 5.93. The molecule has 0 bridgehead atoms.